The third-order valence-electron chi connectivity index (χ3n) is 3.84. The van der Waals surface area contributed by atoms with Gasteiger partial charge in [-0.05, 0) is 19.3 Å². The van der Waals surface area contributed by atoms with Gasteiger partial charge in [0, 0.05) is 13.2 Å². The minimum atomic E-state index is -0.328. The highest BCUT2D eigenvalue weighted by atomic mass is 16.5. The van der Waals surface area contributed by atoms with Crippen molar-refractivity contribution < 1.29 is 14.0 Å². The van der Waals surface area contributed by atoms with E-state index in [1.807, 2.05) is 0 Å². The third kappa shape index (κ3) is 1.67. The minimum absolute atomic E-state index is 0.0187. The molecule has 2 heterocycles. The van der Waals surface area contributed by atoms with Crippen LogP contribution in [0.25, 0.3) is 0 Å². The Bertz CT molecular complexity index is 397. The number of nitrogens with two attached hydrogens (primary N) is 1. The Balaban J connectivity index is 1.82. The summed E-state index contributed by atoms with van der Waals surface area (Å²) >= 11 is 0. The van der Waals surface area contributed by atoms with Gasteiger partial charge in [0.15, 0.2) is 0 Å². The molecule has 0 radical (unpaired) electrons. The fourth-order valence-corrected chi connectivity index (χ4v) is 2.41. The van der Waals surface area contributed by atoms with Crippen molar-refractivity contribution in [1.29, 1.82) is 0 Å². The minimum Gasteiger partial charge on any atom is -0.379 e. The van der Waals surface area contributed by atoms with E-state index in [9.17, 15) is 0 Å². The molecule has 1 saturated heterocycles. The largest absolute Gasteiger partial charge is 0.379 e. The quantitative estimate of drug-likeness (QED) is 0.828. The Hall–Kier alpha value is -0.980. The van der Waals surface area contributed by atoms with E-state index in [0.29, 0.717) is 24.9 Å². The summed E-state index contributed by atoms with van der Waals surface area (Å²) in [7, 11) is 1.69. The van der Waals surface area contributed by atoms with E-state index in [0.717, 1.165) is 19.3 Å². The molecule has 2 fully saturated rings. The molecule has 2 atom stereocenters. The number of ether oxygens (including phenoxy) is 2. The summed E-state index contributed by atoms with van der Waals surface area (Å²) in [5.41, 5.74) is 5.60. The normalized spacial score (nSPS) is 31.4. The van der Waals surface area contributed by atoms with Gasteiger partial charge in [0.1, 0.15) is 5.60 Å². The van der Waals surface area contributed by atoms with Gasteiger partial charge in [-0.1, -0.05) is 5.16 Å². The van der Waals surface area contributed by atoms with Gasteiger partial charge in [0.2, 0.25) is 11.7 Å². The van der Waals surface area contributed by atoms with Gasteiger partial charge in [-0.3, -0.25) is 0 Å². The fourth-order valence-electron chi connectivity index (χ4n) is 2.41. The van der Waals surface area contributed by atoms with E-state index in [2.05, 4.69) is 10.1 Å². The van der Waals surface area contributed by atoms with Crippen LogP contribution in [0.2, 0.25) is 0 Å². The zero-order valence-corrected chi connectivity index (χ0v) is 9.89. The first-order chi connectivity index (χ1) is 8.25. The maximum Gasteiger partial charge on any atom is 0.233 e. The molecule has 6 heteroatoms. The number of aromatic nitrogens is 2. The standard InChI is InChI=1S/C11H17N3O3/c1-15-11(3-2-4-11)10-13-9(17-14-10)7-5-16-6-8(7)12/h7-8H,2-6,12H2,1H3. The first-order valence-electron chi connectivity index (χ1n) is 5.98. The molecule has 2 aliphatic rings. The van der Waals surface area contributed by atoms with E-state index in [-0.39, 0.29) is 17.6 Å². The Labute approximate surface area is 99.5 Å². The van der Waals surface area contributed by atoms with E-state index in [1.54, 1.807) is 7.11 Å². The molecule has 1 saturated carbocycles. The Morgan fingerprint density at radius 3 is 2.76 bits per heavy atom. The summed E-state index contributed by atoms with van der Waals surface area (Å²) in [6, 6.07) is -0.0526. The number of rotatable bonds is 3. The number of nitrogens with zero attached hydrogens (tertiary/aromatic N) is 2. The van der Waals surface area contributed by atoms with Crippen LogP contribution < -0.4 is 5.73 Å². The molecule has 0 bridgehead atoms. The van der Waals surface area contributed by atoms with Crippen molar-refractivity contribution in [2.24, 2.45) is 5.73 Å². The van der Waals surface area contributed by atoms with Crippen molar-refractivity contribution in [3.8, 4) is 0 Å². The molecule has 3 rings (SSSR count). The highest BCUT2D eigenvalue weighted by molar-refractivity contribution is 5.09. The van der Waals surface area contributed by atoms with Crippen LogP contribution >= 0.6 is 0 Å². The maximum atomic E-state index is 5.92. The Morgan fingerprint density at radius 1 is 1.41 bits per heavy atom. The molecular formula is C11H17N3O3. The predicted octanol–water partition coefficient (Wildman–Crippen LogP) is 0.536. The predicted molar refractivity (Wildman–Crippen MR) is 58.4 cm³/mol. The summed E-state index contributed by atoms with van der Waals surface area (Å²) < 4.78 is 16.1. The molecule has 1 aromatic rings. The van der Waals surface area contributed by atoms with Crippen LogP contribution in [0, 0.1) is 0 Å². The van der Waals surface area contributed by atoms with Gasteiger partial charge in [0.25, 0.3) is 0 Å². The molecule has 2 unspecified atom stereocenters. The SMILES string of the molecule is COC1(c2noc(C3COCC3N)n2)CCC1. The molecule has 0 spiro atoms. The zero-order chi connectivity index (χ0) is 11.9. The fraction of sp³-hybridized carbons (Fsp3) is 0.818. The highest BCUT2D eigenvalue weighted by Crippen LogP contribution is 2.43. The van der Waals surface area contributed by atoms with Crippen LogP contribution in [0.3, 0.4) is 0 Å². The molecule has 1 aromatic heterocycles. The van der Waals surface area contributed by atoms with Crippen molar-refractivity contribution >= 4 is 0 Å². The van der Waals surface area contributed by atoms with E-state index in [4.69, 9.17) is 19.7 Å². The number of hydrogen-bond acceptors (Lipinski definition) is 6. The van der Waals surface area contributed by atoms with Gasteiger partial charge in [-0.25, -0.2) is 0 Å². The van der Waals surface area contributed by atoms with Crippen molar-refractivity contribution in [2.45, 2.75) is 36.8 Å². The van der Waals surface area contributed by atoms with Crippen LogP contribution in [0.1, 0.15) is 36.9 Å². The summed E-state index contributed by atoms with van der Waals surface area (Å²) in [5, 5.41) is 4.04. The van der Waals surface area contributed by atoms with Crippen molar-refractivity contribution in [2.75, 3.05) is 20.3 Å². The smallest absolute Gasteiger partial charge is 0.233 e. The van der Waals surface area contributed by atoms with Crippen molar-refractivity contribution in [3.05, 3.63) is 11.7 Å². The molecule has 0 aromatic carbocycles. The first-order valence-corrected chi connectivity index (χ1v) is 5.98. The van der Waals surface area contributed by atoms with Gasteiger partial charge in [-0.2, -0.15) is 4.98 Å². The van der Waals surface area contributed by atoms with Gasteiger partial charge >= 0.3 is 0 Å². The first kappa shape index (κ1) is 11.1. The summed E-state index contributed by atoms with van der Waals surface area (Å²) in [4.78, 5) is 4.44. The van der Waals surface area contributed by atoms with Crippen molar-refractivity contribution in [3.63, 3.8) is 0 Å². The molecule has 0 amide bonds. The van der Waals surface area contributed by atoms with Crippen LogP contribution in [0.15, 0.2) is 4.52 Å². The lowest BCUT2D eigenvalue weighted by atomic mass is 9.79. The van der Waals surface area contributed by atoms with Crippen LogP contribution in [0.5, 0.6) is 0 Å². The van der Waals surface area contributed by atoms with Crippen molar-refractivity contribution in [1.82, 2.24) is 10.1 Å². The van der Waals surface area contributed by atoms with E-state index >= 15 is 0 Å². The topological polar surface area (TPSA) is 83.4 Å². The maximum absolute atomic E-state index is 5.92. The lowest BCUT2D eigenvalue weighted by molar-refractivity contribution is -0.0858. The lowest BCUT2D eigenvalue weighted by Crippen LogP contribution is -2.37. The Kier molecular flexibility index (Phi) is 2.65. The van der Waals surface area contributed by atoms with Crippen LogP contribution in [-0.2, 0) is 15.1 Å². The van der Waals surface area contributed by atoms with Gasteiger partial charge in [0.05, 0.1) is 19.1 Å². The van der Waals surface area contributed by atoms with E-state index < -0.39 is 0 Å². The summed E-state index contributed by atoms with van der Waals surface area (Å²) in [6.45, 7) is 1.11. The summed E-state index contributed by atoms with van der Waals surface area (Å²) in [6.07, 6.45) is 3.05. The second-order valence-electron chi connectivity index (χ2n) is 4.82. The average Bonchev–Trinajstić information content (AvgIpc) is 2.86. The molecule has 1 aliphatic heterocycles. The van der Waals surface area contributed by atoms with Crippen LogP contribution in [-0.4, -0.2) is 36.5 Å². The zero-order valence-electron chi connectivity index (χ0n) is 9.89. The molecule has 1 aliphatic carbocycles. The summed E-state index contributed by atoms with van der Waals surface area (Å²) in [5.74, 6) is 1.25. The second-order valence-corrected chi connectivity index (χ2v) is 4.82. The average molecular weight is 239 g/mol. The van der Waals surface area contributed by atoms with Gasteiger partial charge < -0.3 is 19.7 Å². The Morgan fingerprint density at radius 2 is 2.24 bits per heavy atom. The monoisotopic (exact) mass is 239 g/mol. The molecular weight excluding hydrogens is 222 g/mol. The number of hydrogen-bond donors (Lipinski definition) is 1. The lowest BCUT2D eigenvalue weighted by Gasteiger charge is -2.37. The number of methoxy groups -OCH3 is 1. The van der Waals surface area contributed by atoms with Crippen LogP contribution in [0.4, 0.5) is 0 Å². The molecule has 2 N–H and O–H groups in total. The highest BCUT2D eigenvalue weighted by Gasteiger charge is 2.44. The molecule has 17 heavy (non-hydrogen) atoms. The van der Waals surface area contributed by atoms with Gasteiger partial charge in [-0.15, -0.1) is 0 Å². The molecule has 6 nitrogen and oxygen atoms in total. The third-order valence-corrected chi connectivity index (χ3v) is 3.84. The van der Waals surface area contributed by atoms with E-state index in [1.165, 1.54) is 0 Å². The molecule has 94 valence electrons. The second kappa shape index (κ2) is 4.04.